The molecule has 5 rings (SSSR count). The highest BCUT2D eigenvalue weighted by Crippen LogP contribution is 2.43. The largest absolute Gasteiger partial charge is 0.255 e. The Morgan fingerprint density at radius 2 is 1.67 bits per heavy atom. The quantitative estimate of drug-likeness (QED) is 0.250. The summed E-state index contributed by atoms with van der Waals surface area (Å²) in [6, 6.07) is 22.8. The second-order valence-corrected chi connectivity index (χ2v) is 11.1. The van der Waals surface area contributed by atoms with Crippen molar-refractivity contribution in [2.45, 2.75) is 59.3 Å². The van der Waals surface area contributed by atoms with Crippen molar-refractivity contribution in [3.05, 3.63) is 78.0 Å². The van der Waals surface area contributed by atoms with Gasteiger partial charge in [0.15, 0.2) is 0 Å². The zero-order chi connectivity index (χ0) is 23.2. The molecule has 0 amide bonds. The fourth-order valence-electron chi connectivity index (χ4n) is 5.13. The van der Waals surface area contributed by atoms with Gasteiger partial charge in [0, 0.05) is 27.2 Å². The number of hydrogen-bond acceptors (Lipinski definition) is 2. The highest BCUT2D eigenvalue weighted by Gasteiger charge is 2.25. The number of benzene rings is 3. The molecule has 0 fully saturated rings. The molecule has 168 valence electrons. The highest BCUT2D eigenvalue weighted by atomic mass is 32.1. The van der Waals surface area contributed by atoms with Gasteiger partial charge in [0.05, 0.1) is 10.4 Å². The minimum atomic E-state index is 0.148. The Morgan fingerprint density at radius 3 is 2.42 bits per heavy atom. The van der Waals surface area contributed by atoms with E-state index in [0.29, 0.717) is 5.92 Å². The normalized spacial score (nSPS) is 12.4. The van der Waals surface area contributed by atoms with E-state index in [2.05, 4.69) is 95.3 Å². The second kappa shape index (κ2) is 8.57. The Labute approximate surface area is 201 Å². The molecule has 0 unspecified atom stereocenters. The molecular weight excluding hydrogens is 418 g/mol. The molecule has 3 aromatic carbocycles. The summed E-state index contributed by atoms with van der Waals surface area (Å²) < 4.78 is 2.66. The molecule has 2 heteroatoms. The lowest BCUT2D eigenvalue weighted by Crippen LogP contribution is -2.20. The molecule has 1 nitrogen and oxygen atoms in total. The Morgan fingerprint density at radius 1 is 0.879 bits per heavy atom. The van der Waals surface area contributed by atoms with Crippen LogP contribution in [0.4, 0.5) is 0 Å². The van der Waals surface area contributed by atoms with Crippen molar-refractivity contribution >= 4 is 42.3 Å². The van der Waals surface area contributed by atoms with Gasteiger partial charge in [-0.15, -0.1) is 11.3 Å². The van der Waals surface area contributed by atoms with E-state index in [1.807, 2.05) is 17.5 Å². The van der Waals surface area contributed by atoms with Crippen molar-refractivity contribution in [2.75, 3.05) is 0 Å². The predicted octanol–water partition coefficient (Wildman–Crippen LogP) is 9.55. The summed E-state index contributed by atoms with van der Waals surface area (Å²) in [7, 11) is 0. The first-order valence-electron chi connectivity index (χ1n) is 12.3. The minimum Gasteiger partial charge on any atom is -0.255 e. The third kappa shape index (κ3) is 3.85. The van der Waals surface area contributed by atoms with E-state index < -0.39 is 0 Å². The second-order valence-electron chi connectivity index (χ2n) is 10.1. The molecule has 5 aromatic rings. The van der Waals surface area contributed by atoms with Crippen molar-refractivity contribution < 1.29 is 0 Å². The van der Waals surface area contributed by atoms with Gasteiger partial charge in [0.2, 0.25) is 0 Å². The van der Waals surface area contributed by atoms with Crippen LogP contribution in [0.3, 0.4) is 0 Å². The summed E-state index contributed by atoms with van der Waals surface area (Å²) in [5, 5.41) is 5.34. The lowest BCUT2D eigenvalue weighted by Gasteiger charge is -2.29. The number of pyridine rings is 1. The fourth-order valence-corrected chi connectivity index (χ4v) is 6.40. The smallest absolute Gasteiger partial charge is 0.0880 e. The molecule has 33 heavy (non-hydrogen) atoms. The molecule has 2 heterocycles. The maximum atomic E-state index is 4.94. The lowest BCUT2D eigenvalue weighted by molar-refractivity contribution is 0.443. The van der Waals surface area contributed by atoms with E-state index in [1.165, 1.54) is 47.6 Å². The number of thiophene rings is 1. The van der Waals surface area contributed by atoms with Gasteiger partial charge in [-0.05, 0) is 76.8 Å². The SMILES string of the molecule is CCC(C)(CC)c1cc(-c2nccc3c2sc2cc(CC(C)C)ccc23)cc2ccccc12. The molecule has 2 aromatic heterocycles. The average Bonchev–Trinajstić information content (AvgIpc) is 3.20. The molecule has 0 aliphatic heterocycles. The average molecular weight is 452 g/mol. The number of aromatic nitrogens is 1. The Bertz CT molecular complexity index is 1450. The van der Waals surface area contributed by atoms with Gasteiger partial charge in [-0.1, -0.05) is 71.0 Å². The first-order chi connectivity index (χ1) is 15.9. The number of nitrogens with zero attached hydrogens (tertiary/aromatic N) is 1. The van der Waals surface area contributed by atoms with Crippen LogP contribution in [0, 0.1) is 5.92 Å². The number of hydrogen-bond donors (Lipinski definition) is 0. The van der Waals surface area contributed by atoms with Crippen LogP contribution in [0.25, 0.3) is 42.2 Å². The van der Waals surface area contributed by atoms with Crippen LogP contribution in [0.1, 0.15) is 58.6 Å². The molecule has 0 bridgehead atoms. The first-order valence-corrected chi connectivity index (χ1v) is 13.1. The molecule has 0 saturated carbocycles. The van der Waals surface area contributed by atoms with E-state index in [-0.39, 0.29) is 5.41 Å². The number of rotatable bonds is 6. The summed E-state index contributed by atoms with van der Waals surface area (Å²) >= 11 is 1.89. The van der Waals surface area contributed by atoms with Crippen LogP contribution in [-0.2, 0) is 11.8 Å². The molecule has 0 saturated heterocycles. The Kier molecular flexibility index (Phi) is 5.74. The minimum absolute atomic E-state index is 0.148. The van der Waals surface area contributed by atoms with Crippen LogP contribution < -0.4 is 0 Å². The van der Waals surface area contributed by atoms with Crippen molar-refractivity contribution in [3.8, 4) is 11.3 Å². The van der Waals surface area contributed by atoms with E-state index in [0.717, 1.165) is 25.0 Å². The Hall–Kier alpha value is -2.71. The fraction of sp³-hybridized carbons (Fsp3) is 0.323. The topological polar surface area (TPSA) is 12.9 Å². The van der Waals surface area contributed by atoms with Crippen LogP contribution in [0.15, 0.2) is 66.9 Å². The first kappa shape index (κ1) is 22.1. The van der Waals surface area contributed by atoms with Gasteiger partial charge in [-0.2, -0.15) is 0 Å². The standard InChI is InChI=1S/C31H33NS/c1-6-31(5,7-2)27-19-23(18-22-10-8-9-11-24(22)27)29-30-26(14-15-32-29)25-13-12-21(16-20(3)4)17-28(25)33-30/h8-15,17-20H,6-7,16H2,1-5H3. The lowest BCUT2D eigenvalue weighted by atomic mass is 9.75. The van der Waals surface area contributed by atoms with Crippen LogP contribution in [0.2, 0.25) is 0 Å². The Balaban J connectivity index is 1.76. The predicted molar refractivity (Wildman–Crippen MR) is 147 cm³/mol. The maximum absolute atomic E-state index is 4.94. The van der Waals surface area contributed by atoms with E-state index in [1.54, 1.807) is 0 Å². The molecular formula is C31H33NS. The summed E-state index contributed by atoms with van der Waals surface area (Å²) in [5.74, 6) is 0.663. The summed E-state index contributed by atoms with van der Waals surface area (Å²) in [6.07, 6.45) is 5.35. The van der Waals surface area contributed by atoms with E-state index in [4.69, 9.17) is 4.98 Å². The molecule has 0 aliphatic rings. The van der Waals surface area contributed by atoms with E-state index >= 15 is 0 Å². The van der Waals surface area contributed by atoms with Crippen LogP contribution in [0.5, 0.6) is 0 Å². The van der Waals surface area contributed by atoms with Gasteiger partial charge < -0.3 is 0 Å². The molecule has 0 spiro atoms. The zero-order valence-electron chi connectivity index (χ0n) is 20.4. The van der Waals surface area contributed by atoms with Gasteiger partial charge in [-0.3, -0.25) is 4.98 Å². The van der Waals surface area contributed by atoms with Crippen LogP contribution >= 0.6 is 11.3 Å². The molecule has 0 aliphatic carbocycles. The van der Waals surface area contributed by atoms with Crippen molar-refractivity contribution in [2.24, 2.45) is 5.92 Å². The third-order valence-electron chi connectivity index (χ3n) is 7.44. The van der Waals surface area contributed by atoms with Crippen molar-refractivity contribution in [1.82, 2.24) is 4.98 Å². The highest BCUT2D eigenvalue weighted by molar-refractivity contribution is 7.26. The monoisotopic (exact) mass is 451 g/mol. The molecule has 0 N–H and O–H groups in total. The zero-order valence-corrected chi connectivity index (χ0v) is 21.2. The van der Waals surface area contributed by atoms with Gasteiger partial charge >= 0.3 is 0 Å². The van der Waals surface area contributed by atoms with Crippen LogP contribution in [-0.4, -0.2) is 4.98 Å². The summed E-state index contributed by atoms with van der Waals surface area (Å²) in [4.78, 5) is 4.94. The van der Waals surface area contributed by atoms with Crippen molar-refractivity contribution in [1.29, 1.82) is 0 Å². The maximum Gasteiger partial charge on any atom is 0.0880 e. The third-order valence-corrected chi connectivity index (χ3v) is 8.62. The van der Waals surface area contributed by atoms with Gasteiger partial charge in [0.25, 0.3) is 0 Å². The van der Waals surface area contributed by atoms with E-state index in [9.17, 15) is 0 Å². The van der Waals surface area contributed by atoms with Gasteiger partial charge in [-0.25, -0.2) is 0 Å². The molecule has 0 atom stereocenters. The summed E-state index contributed by atoms with van der Waals surface area (Å²) in [6.45, 7) is 11.6. The molecule has 0 radical (unpaired) electrons. The van der Waals surface area contributed by atoms with Crippen molar-refractivity contribution in [3.63, 3.8) is 0 Å². The van der Waals surface area contributed by atoms with Gasteiger partial charge in [0.1, 0.15) is 0 Å². The summed E-state index contributed by atoms with van der Waals surface area (Å²) in [5.41, 5.74) is 5.36. The number of fused-ring (bicyclic) bond motifs is 4.